The van der Waals surface area contributed by atoms with Crippen molar-refractivity contribution >= 4 is 0 Å². The van der Waals surface area contributed by atoms with Gasteiger partial charge in [-0.2, -0.15) is 0 Å². The minimum atomic E-state index is 0.196. The Morgan fingerprint density at radius 2 is 2.00 bits per heavy atom. The van der Waals surface area contributed by atoms with Crippen LogP contribution in [0.4, 0.5) is 0 Å². The molecule has 0 amide bonds. The lowest BCUT2D eigenvalue weighted by Gasteiger charge is -2.23. The van der Waals surface area contributed by atoms with Gasteiger partial charge in [0.15, 0.2) is 0 Å². The first-order valence-electron chi connectivity index (χ1n) is 6.59. The number of nitrogens with two attached hydrogens (primary N) is 1. The zero-order valence-electron chi connectivity index (χ0n) is 10.6. The fraction of sp³-hybridized carbons (Fsp3) is 0.467. The number of aryl methyl sites for hydroxylation is 1. The lowest BCUT2D eigenvalue weighted by Crippen LogP contribution is -2.30. The summed E-state index contributed by atoms with van der Waals surface area (Å²) >= 11 is 0. The number of hydrogen-bond acceptors (Lipinski definition) is 2. The van der Waals surface area contributed by atoms with Crippen LogP contribution in [0.5, 0.6) is 0 Å². The summed E-state index contributed by atoms with van der Waals surface area (Å²) in [4.78, 5) is 0. The Bertz CT molecular complexity index is 378. The average Bonchev–Trinajstić information content (AvgIpc) is 2.42. The molecule has 1 atom stereocenters. The Balaban J connectivity index is 2.18. The summed E-state index contributed by atoms with van der Waals surface area (Å²) in [5, 5.41) is 0. The van der Waals surface area contributed by atoms with E-state index < -0.39 is 0 Å². The van der Waals surface area contributed by atoms with Crippen molar-refractivity contribution in [2.45, 2.75) is 45.1 Å². The van der Waals surface area contributed by atoms with Crippen LogP contribution >= 0.6 is 0 Å². The maximum Gasteiger partial charge on any atom is 0.0670 e. The van der Waals surface area contributed by atoms with Gasteiger partial charge in [0.25, 0.3) is 0 Å². The largest absolute Gasteiger partial charge is 0.271 e. The second-order valence-electron chi connectivity index (χ2n) is 4.72. The molecule has 0 saturated carbocycles. The molecule has 0 heterocycles. The molecule has 0 saturated heterocycles. The highest BCUT2D eigenvalue weighted by atomic mass is 15.2. The molecule has 3 N–H and O–H groups in total. The average molecular weight is 230 g/mol. The van der Waals surface area contributed by atoms with Crippen molar-refractivity contribution < 1.29 is 0 Å². The zero-order chi connectivity index (χ0) is 12.1. The zero-order valence-corrected chi connectivity index (χ0v) is 10.6. The second-order valence-corrected chi connectivity index (χ2v) is 4.72. The molecule has 1 aromatic carbocycles. The maximum absolute atomic E-state index is 5.72. The Morgan fingerprint density at radius 3 is 2.53 bits per heavy atom. The Hall–Kier alpha value is -1.12. The van der Waals surface area contributed by atoms with Crippen molar-refractivity contribution in [1.29, 1.82) is 0 Å². The minimum absolute atomic E-state index is 0.196. The molecule has 1 aliphatic rings. The van der Waals surface area contributed by atoms with Gasteiger partial charge < -0.3 is 0 Å². The molecule has 2 heteroatoms. The van der Waals surface area contributed by atoms with E-state index in [-0.39, 0.29) is 6.04 Å². The van der Waals surface area contributed by atoms with Crippen LogP contribution in [-0.2, 0) is 6.42 Å². The third-order valence-electron chi connectivity index (χ3n) is 3.58. The van der Waals surface area contributed by atoms with Crippen LogP contribution in [0.2, 0.25) is 0 Å². The van der Waals surface area contributed by atoms with Gasteiger partial charge in [-0.05, 0) is 43.2 Å². The van der Waals surface area contributed by atoms with Crippen LogP contribution < -0.4 is 11.3 Å². The molecular weight excluding hydrogens is 208 g/mol. The van der Waals surface area contributed by atoms with E-state index in [1.54, 1.807) is 0 Å². The molecule has 2 rings (SSSR count). The molecule has 2 nitrogen and oxygen atoms in total. The van der Waals surface area contributed by atoms with E-state index in [0.717, 1.165) is 6.42 Å². The highest BCUT2D eigenvalue weighted by Crippen LogP contribution is 2.29. The van der Waals surface area contributed by atoms with Gasteiger partial charge in [-0.3, -0.25) is 5.84 Å². The molecule has 0 spiro atoms. The van der Waals surface area contributed by atoms with Crippen molar-refractivity contribution in [2.75, 3.05) is 0 Å². The molecule has 92 valence electrons. The molecule has 1 aliphatic carbocycles. The lowest BCUT2D eigenvalue weighted by atomic mass is 9.90. The summed E-state index contributed by atoms with van der Waals surface area (Å²) in [7, 11) is 0. The van der Waals surface area contributed by atoms with Crippen LogP contribution in [0.3, 0.4) is 0 Å². The molecule has 1 aromatic rings. The van der Waals surface area contributed by atoms with Gasteiger partial charge in [-0.25, -0.2) is 5.43 Å². The molecule has 0 bridgehead atoms. The molecule has 0 aliphatic heterocycles. The first-order chi connectivity index (χ1) is 8.35. The Labute approximate surface area is 104 Å². The van der Waals surface area contributed by atoms with Crippen molar-refractivity contribution in [1.82, 2.24) is 5.43 Å². The summed E-state index contributed by atoms with van der Waals surface area (Å²) in [6.45, 7) is 2.18. The molecule has 17 heavy (non-hydrogen) atoms. The number of hydrogen-bond donors (Lipinski definition) is 2. The van der Waals surface area contributed by atoms with Crippen molar-refractivity contribution in [2.24, 2.45) is 5.84 Å². The Morgan fingerprint density at radius 1 is 1.24 bits per heavy atom. The van der Waals surface area contributed by atoms with E-state index in [2.05, 4.69) is 42.7 Å². The predicted molar refractivity (Wildman–Crippen MR) is 72.4 cm³/mol. The molecule has 0 fully saturated rings. The van der Waals surface area contributed by atoms with Crippen molar-refractivity contribution in [3.8, 4) is 0 Å². The summed E-state index contributed by atoms with van der Waals surface area (Å²) in [5.41, 5.74) is 7.06. The van der Waals surface area contributed by atoms with Crippen LogP contribution in [0, 0.1) is 0 Å². The number of allylic oxidation sites excluding steroid dienone is 1. The van der Waals surface area contributed by atoms with Gasteiger partial charge in [-0.15, -0.1) is 0 Å². The highest BCUT2D eigenvalue weighted by Gasteiger charge is 2.16. The number of rotatable bonds is 4. The maximum atomic E-state index is 5.72. The molecule has 0 radical (unpaired) electrons. The molecular formula is C15H22N2. The first-order valence-corrected chi connectivity index (χ1v) is 6.59. The van der Waals surface area contributed by atoms with Gasteiger partial charge in [0.05, 0.1) is 6.04 Å². The van der Waals surface area contributed by atoms with Crippen LogP contribution in [-0.4, -0.2) is 0 Å². The number of nitrogens with one attached hydrogen (secondary N) is 1. The summed E-state index contributed by atoms with van der Waals surface area (Å²) in [6, 6.07) is 8.98. The quantitative estimate of drug-likeness (QED) is 0.473. The van der Waals surface area contributed by atoms with Gasteiger partial charge in [0.2, 0.25) is 0 Å². The molecule has 0 aromatic heterocycles. The van der Waals surface area contributed by atoms with Gasteiger partial charge in [0, 0.05) is 0 Å². The lowest BCUT2D eigenvalue weighted by molar-refractivity contribution is 0.566. The van der Waals surface area contributed by atoms with Crippen molar-refractivity contribution in [3.63, 3.8) is 0 Å². The first kappa shape index (κ1) is 12.3. The fourth-order valence-electron chi connectivity index (χ4n) is 2.49. The third kappa shape index (κ3) is 2.96. The predicted octanol–water partition coefficient (Wildman–Crippen LogP) is 3.25. The van der Waals surface area contributed by atoms with Crippen LogP contribution in [0.15, 0.2) is 35.9 Å². The van der Waals surface area contributed by atoms with Gasteiger partial charge in [-0.1, -0.05) is 42.8 Å². The van der Waals surface area contributed by atoms with Crippen LogP contribution in [0.1, 0.15) is 49.8 Å². The smallest absolute Gasteiger partial charge is 0.0670 e. The second kappa shape index (κ2) is 5.99. The topological polar surface area (TPSA) is 38.0 Å². The monoisotopic (exact) mass is 230 g/mol. The van der Waals surface area contributed by atoms with E-state index in [0.29, 0.717) is 0 Å². The summed E-state index contributed by atoms with van der Waals surface area (Å²) < 4.78 is 0. The highest BCUT2D eigenvalue weighted by molar-refractivity contribution is 5.31. The van der Waals surface area contributed by atoms with E-state index in [4.69, 9.17) is 5.84 Å². The van der Waals surface area contributed by atoms with E-state index in [1.807, 2.05) is 0 Å². The third-order valence-corrected chi connectivity index (χ3v) is 3.58. The summed E-state index contributed by atoms with van der Waals surface area (Å²) in [5.74, 6) is 5.72. The van der Waals surface area contributed by atoms with E-state index in [9.17, 15) is 0 Å². The van der Waals surface area contributed by atoms with Crippen LogP contribution in [0.25, 0.3) is 0 Å². The number of benzene rings is 1. The van der Waals surface area contributed by atoms with E-state index in [1.165, 1.54) is 42.4 Å². The SMILES string of the molecule is CCc1ccc(C(NN)C2=CCCCC2)cc1. The molecule has 1 unspecified atom stereocenters. The van der Waals surface area contributed by atoms with Gasteiger partial charge >= 0.3 is 0 Å². The van der Waals surface area contributed by atoms with Gasteiger partial charge in [0.1, 0.15) is 0 Å². The van der Waals surface area contributed by atoms with E-state index >= 15 is 0 Å². The number of hydrazine groups is 1. The Kier molecular flexibility index (Phi) is 4.35. The van der Waals surface area contributed by atoms with Crippen molar-refractivity contribution in [3.05, 3.63) is 47.0 Å². The fourth-order valence-corrected chi connectivity index (χ4v) is 2.49. The summed E-state index contributed by atoms with van der Waals surface area (Å²) in [6.07, 6.45) is 8.41. The standard InChI is InChI=1S/C15H22N2/c1-2-12-8-10-14(11-9-12)15(17-16)13-6-4-3-5-7-13/h6,8-11,15,17H,2-5,7,16H2,1H3. The minimum Gasteiger partial charge on any atom is -0.271 e. The normalized spacial score (nSPS) is 17.6.